The first kappa shape index (κ1) is 67.1. The Hall–Kier alpha value is -13.0. The molecule has 5 aliphatic rings. The number of hydrogen-bond donors (Lipinski definition) is 0. The highest BCUT2D eigenvalue weighted by molar-refractivity contribution is 5.86. The van der Waals surface area contributed by atoms with Crippen LogP contribution in [-0.2, 0) is 25.7 Å². The van der Waals surface area contributed by atoms with Gasteiger partial charge in [0.25, 0.3) is 25.2 Å². The van der Waals surface area contributed by atoms with E-state index < -0.39 is 25.2 Å². The maximum Gasteiger partial charge on any atom is 0.267 e. The Balaban J connectivity index is 0.895. The molecular formula is C104H80O8. The molecule has 8 heteroatoms. The summed E-state index contributed by atoms with van der Waals surface area (Å²) in [7, 11) is 0. The maximum atomic E-state index is 7.84. The van der Waals surface area contributed by atoms with Crippen LogP contribution in [0.2, 0.25) is 0 Å². The summed E-state index contributed by atoms with van der Waals surface area (Å²) < 4.78 is 62.7. The van der Waals surface area contributed by atoms with Crippen LogP contribution in [0.1, 0.15) is 164 Å². The van der Waals surface area contributed by atoms with E-state index in [9.17, 15) is 0 Å². The second-order valence-corrected chi connectivity index (χ2v) is 30.7. The monoisotopic (exact) mass is 1460 g/mol. The van der Waals surface area contributed by atoms with Crippen LogP contribution in [-0.4, -0.2) is 0 Å². The van der Waals surface area contributed by atoms with Crippen molar-refractivity contribution >= 4 is 43.1 Å². The van der Waals surface area contributed by atoms with Crippen LogP contribution >= 0.6 is 0 Å². The minimum Gasteiger partial charge on any atom is -0.450 e. The number of hydrogen-bond acceptors (Lipinski definition) is 8. The summed E-state index contributed by atoms with van der Waals surface area (Å²) in [6.45, 7) is 0. The quantitative estimate of drug-likeness (QED) is 0.0947. The first-order chi connectivity index (χ1) is 55.4. The van der Waals surface area contributed by atoms with Gasteiger partial charge in [-0.1, -0.05) is 267 Å². The average Bonchev–Trinajstić information content (AvgIpc) is 0.726. The van der Waals surface area contributed by atoms with Gasteiger partial charge in [0.2, 0.25) is 0 Å². The molecule has 0 aromatic heterocycles. The van der Waals surface area contributed by atoms with E-state index in [-0.39, 0.29) is 23.7 Å². The smallest absolute Gasteiger partial charge is 0.267 e. The zero-order chi connectivity index (χ0) is 74.0. The molecule has 0 amide bonds. The number of rotatable bonds is 16. The van der Waals surface area contributed by atoms with Crippen molar-refractivity contribution in [2.75, 3.05) is 0 Å². The summed E-state index contributed by atoms with van der Waals surface area (Å²) in [6.07, 6.45) is 1.88. The molecule has 4 aliphatic heterocycles. The summed E-state index contributed by atoms with van der Waals surface area (Å²) in [5, 5.41) is 8.72. The van der Waals surface area contributed by atoms with Crippen molar-refractivity contribution in [3.63, 3.8) is 0 Å². The first-order valence-corrected chi connectivity index (χ1v) is 39.6. The van der Waals surface area contributed by atoms with Gasteiger partial charge < -0.3 is 37.9 Å². The third kappa shape index (κ3) is 12.9. The number of aryl methyl sites for hydroxylation is 4. The molecule has 0 unspecified atom stereocenters. The molecule has 0 saturated heterocycles. The molecule has 0 N–H and O–H groups in total. The van der Waals surface area contributed by atoms with Crippen molar-refractivity contribution in [2.45, 2.75) is 100 Å². The third-order valence-electron chi connectivity index (χ3n) is 23.9. The van der Waals surface area contributed by atoms with Gasteiger partial charge in [0.05, 0.1) is 0 Å². The molecule has 0 saturated carbocycles. The Bertz CT molecular complexity index is 5360. The van der Waals surface area contributed by atoms with Crippen LogP contribution < -0.4 is 37.9 Å². The number of ether oxygens (including phenoxy) is 8. The van der Waals surface area contributed by atoms with Gasteiger partial charge >= 0.3 is 0 Å². The highest BCUT2D eigenvalue weighted by atomic mass is 16.7. The molecule has 0 atom stereocenters. The van der Waals surface area contributed by atoms with E-state index >= 15 is 0 Å². The van der Waals surface area contributed by atoms with Crippen molar-refractivity contribution in [1.29, 1.82) is 0 Å². The largest absolute Gasteiger partial charge is 0.450 e. The molecule has 1 aliphatic carbocycles. The van der Waals surface area contributed by atoms with Crippen LogP contribution in [0, 0.1) is 0 Å². The molecule has 8 bridgehead atoms. The Morgan fingerprint density at radius 3 is 0.536 bits per heavy atom. The minimum absolute atomic E-state index is 0.330. The van der Waals surface area contributed by atoms with Gasteiger partial charge in [0.15, 0.2) is 0 Å². The lowest BCUT2D eigenvalue weighted by molar-refractivity contribution is -0.0119. The third-order valence-corrected chi connectivity index (χ3v) is 23.9. The Morgan fingerprint density at radius 1 is 0.161 bits per heavy atom. The van der Waals surface area contributed by atoms with Gasteiger partial charge in [0.1, 0.15) is 46.0 Å². The summed E-state index contributed by atoms with van der Waals surface area (Å²) in [5.74, 6) is 3.94. The maximum absolute atomic E-state index is 7.84. The molecule has 0 fully saturated rings. The van der Waals surface area contributed by atoms with Crippen LogP contribution in [0.3, 0.4) is 0 Å². The second-order valence-electron chi connectivity index (χ2n) is 30.7. The van der Waals surface area contributed by atoms with Crippen molar-refractivity contribution in [1.82, 2.24) is 0 Å². The van der Waals surface area contributed by atoms with Gasteiger partial charge in [-0.3, -0.25) is 0 Å². The van der Waals surface area contributed by atoms with Gasteiger partial charge in [-0.05, 0) is 165 Å². The molecular weight excluding hydrogens is 1380 g/mol. The van der Waals surface area contributed by atoms with Crippen LogP contribution in [0.15, 0.2) is 340 Å². The predicted octanol–water partition coefficient (Wildman–Crippen LogP) is 25.6. The van der Waals surface area contributed by atoms with Crippen LogP contribution in [0.4, 0.5) is 0 Å². The van der Waals surface area contributed by atoms with Gasteiger partial charge in [-0.15, -0.1) is 0 Å². The molecule has 21 rings (SSSR count). The highest BCUT2D eigenvalue weighted by Gasteiger charge is 2.42. The lowest BCUT2D eigenvalue weighted by Gasteiger charge is -2.38. The molecule has 4 heterocycles. The van der Waals surface area contributed by atoms with E-state index in [1.807, 2.05) is 0 Å². The number of benzene rings is 16. The second kappa shape index (κ2) is 28.8. The first-order valence-electron chi connectivity index (χ1n) is 39.6. The fraction of sp³-hybridized carbons (Fsp3) is 0.154. The van der Waals surface area contributed by atoms with Crippen molar-refractivity contribution < 1.29 is 37.9 Å². The van der Waals surface area contributed by atoms with Gasteiger partial charge in [-0.2, -0.15) is 0 Å². The summed E-state index contributed by atoms with van der Waals surface area (Å²) in [6, 6.07) is 122. The summed E-state index contributed by atoms with van der Waals surface area (Å²) >= 11 is 0. The Kier molecular flexibility index (Phi) is 17.2. The fourth-order valence-electron chi connectivity index (χ4n) is 18.1. The molecule has 544 valence electrons. The molecule has 8 nitrogen and oxygen atoms in total. The molecule has 0 radical (unpaired) electrons. The zero-order valence-corrected chi connectivity index (χ0v) is 61.9. The summed E-state index contributed by atoms with van der Waals surface area (Å²) in [5.41, 5.74) is 16.5. The lowest BCUT2D eigenvalue weighted by atomic mass is 9.75. The standard InChI is InChI=1S/C104H80O8/c1-5-21-65(22-6-1)37-49-81-85-57-87-82(50-38-66-23-7-2-8-24-66)89-59-91-84(52-40-68-27-11-4-12-28-68)92-60-90-83(51-39-67-25-9-3-10-26-67)88-58-86(81)94-62-96(88)108-103(79-47-43-71-31-15-19-35-75(71)55-79)110-98(90)64-100(92)112-104(80-48-44-72-32-16-20-36-76(72)56-80)111-99(91)63-97(89)109-102(78-46-42-70-30-14-18-34-74(70)54-78)107-95(87)61-93(85)105-101(106-94)77-45-41-69-29-13-17-33-73(69)53-77/h1-36,41-48,53-64,81-84,101-104H,37-40,49-52H2. The topological polar surface area (TPSA) is 73.8 Å². The van der Waals surface area contributed by atoms with E-state index in [4.69, 9.17) is 37.9 Å². The normalized spacial score (nSPS) is 18.9. The number of fused-ring (bicyclic) bond motifs is 4. The van der Waals surface area contributed by atoms with E-state index in [0.29, 0.717) is 71.7 Å². The molecule has 16 aromatic rings. The fourth-order valence-corrected chi connectivity index (χ4v) is 18.1. The molecule has 0 spiro atoms. The van der Waals surface area contributed by atoms with Gasteiger partial charge in [0, 0.05) is 115 Å². The Labute approximate surface area is 652 Å². The lowest BCUT2D eigenvalue weighted by Crippen LogP contribution is -2.26. The summed E-state index contributed by atoms with van der Waals surface area (Å²) in [4.78, 5) is 0. The van der Waals surface area contributed by atoms with Crippen LogP contribution in [0.5, 0.6) is 46.0 Å². The van der Waals surface area contributed by atoms with Crippen molar-refractivity contribution in [3.8, 4) is 46.0 Å². The van der Waals surface area contributed by atoms with Gasteiger partial charge in [-0.25, -0.2) is 0 Å². The average molecular weight is 1460 g/mol. The van der Waals surface area contributed by atoms with E-state index in [1.165, 1.54) is 22.3 Å². The van der Waals surface area contributed by atoms with Crippen LogP contribution in [0.25, 0.3) is 43.1 Å². The van der Waals surface area contributed by atoms with Crippen molar-refractivity contribution in [3.05, 3.63) is 429 Å². The van der Waals surface area contributed by atoms with E-state index in [0.717, 1.165) is 136 Å². The van der Waals surface area contributed by atoms with E-state index in [2.05, 4.69) is 340 Å². The molecule has 16 aromatic carbocycles. The van der Waals surface area contributed by atoms with E-state index in [1.54, 1.807) is 0 Å². The highest BCUT2D eigenvalue weighted by Crippen LogP contribution is 2.58. The SMILES string of the molecule is c1ccc(CCC2c3cc4c5cc3OC(c3ccc6ccccc6c3)Oc3cc6c(cc32)C(CCc2ccccc2)c2cc3c(cc2OC(c2ccc7ccccc7c2)O6)OC(c2ccc6ccccc6c2)Oc2cc(c(cc2C3CCc2ccccc2)C4CCc2ccccc2)OC(c2ccc3ccccc3c2)O5)cc1. The zero-order valence-electron chi connectivity index (χ0n) is 61.9. The minimum atomic E-state index is -0.969. The molecule has 112 heavy (non-hydrogen) atoms. The predicted molar refractivity (Wildman–Crippen MR) is 444 cm³/mol. The van der Waals surface area contributed by atoms with Crippen molar-refractivity contribution in [2.24, 2.45) is 0 Å². The Morgan fingerprint density at radius 2 is 0.339 bits per heavy atom.